The number of urea groups is 1. The summed E-state index contributed by atoms with van der Waals surface area (Å²) in [4.78, 5) is 9.54. The van der Waals surface area contributed by atoms with E-state index in [4.69, 9.17) is 5.73 Å². The average molecular weight is 86.1 g/mol. The van der Waals surface area contributed by atoms with Crippen molar-refractivity contribution >= 4 is 6.03 Å². The summed E-state index contributed by atoms with van der Waals surface area (Å²) in [6.07, 6.45) is 0. The molecule has 0 aliphatic rings. The van der Waals surface area contributed by atoms with E-state index in [0.717, 1.165) is 0 Å². The van der Waals surface area contributed by atoms with Crippen molar-refractivity contribution in [3.8, 4) is 0 Å². The highest BCUT2D eigenvalue weighted by Crippen LogP contribution is 1.57. The van der Waals surface area contributed by atoms with Crippen LogP contribution in [0.4, 0.5) is 4.79 Å². The van der Waals surface area contributed by atoms with Crippen LogP contribution in [0.25, 0.3) is 0 Å². The first-order chi connectivity index (χ1) is 2.77. The second-order valence-electron chi connectivity index (χ2n) is 0.779. The molecule has 6 heavy (non-hydrogen) atoms. The predicted octanol–water partition coefficient (Wildman–Crippen LogP) is 0.0136. The Kier molecular flexibility index (Phi) is 2.20. The Balaban J connectivity index is 2.83. The van der Waals surface area contributed by atoms with Crippen LogP contribution in [0.1, 0.15) is 6.92 Å². The highest BCUT2D eigenvalue weighted by Gasteiger charge is 1.85. The summed E-state index contributed by atoms with van der Waals surface area (Å²) in [5.74, 6) is 0. The van der Waals surface area contributed by atoms with E-state index in [9.17, 15) is 4.79 Å². The van der Waals surface area contributed by atoms with Crippen molar-refractivity contribution in [2.75, 3.05) is 6.54 Å². The maximum absolute atomic E-state index is 9.54. The van der Waals surface area contributed by atoms with Gasteiger partial charge in [0.2, 0.25) is 0 Å². The summed E-state index contributed by atoms with van der Waals surface area (Å²) < 4.78 is 0. The smallest absolute Gasteiger partial charge is 0.246 e. The van der Waals surface area contributed by atoms with Crippen molar-refractivity contribution in [3.63, 3.8) is 0 Å². The number of hydrogen-bond donors (Lipinski definition) is 0. The molecule has 0 bridgehead atoms. The molecule has 0 fully saturated rings. The zero-order valence-electron chi connectivity index (χ0n) is 3.56. The number of carbonyl (C=O) groups is 1. The molecule has 0 aliphatic carbocycles. The van der Waals surface area contributed by atoms with E-state index in [0.29, 0.717) is 6.54 Å². The van der Waals surface area contributed by atoms with E-state index in [1.54, 1.807) is 6.92 Å². The third-order valence-corrected chi connectivity index (χ3v) is 0.302. The second kappa shape index (κ2) is 2.50. The zero-order chi connectivity index (χ0) is 4.99. The minimum absolute atomic E-state index is 0.419. The normalized spacial score (nSPS) is 7.50. The fraction of sp³-hybridized carbons (Fsp3) is 0.667. The van der Waals surface area contributed by atoms with Gasteiger partial charge in [-0.15, -0.1) is 0 Å². The molecular formula is C3H6N2O. The zero-order valence-corrected chi connectivity index (χ0v) is 3.56. The standard InChI is InChI=1S/C3H6N2O/c1-2-5-3(4)6/h4H,2H2,1H3. The van der Waals surface area contributed by atoms with E-state index in [-0.39, 0.29) is 0 Å². The first-order valence-corrected chi connectivity index (χ1v) is 1.70. The molecule has 0 aromatic heterocycles. The van der Waals surface area contributed by atoms with Crippen molar-refractivity contribution in [2.24, 2.45) is 0 Å². The van der Waals surface area contributed by atoms with Gasteiger partial charge in [0.25, 0.3) is 0 Å². The Morgan fingerprint density at radius 3 is 2.50 bits per heavy atom. The van der Waals surface area contributed by atoms with Crippen molar-refractivity contribution in [1.29, 1.82) is 0 Å². The van der Waals surface area contributed by atoms with Crippen LogP contribution >= 0.6 is 0 Å². The molecule has 0 aromatic rings. The molecule has 0 atom stereocenters. The molecule has 0 spiro atoms. The second-order valence-corrected chi connectivity index (χ2v) is 0.779. The van der Waals surface area contributed by atoms with Gasteiger partial charge in [-0.25, -0.2) is 15.8 Å². The minimum atomic E-state index is -0.836. The number of nitrogens with zero attached hydrogens (tertiary/aromatic N) is 1. The molecule has 1 N–H and O–H groups in total. The molecule has 3 nitrogen and oxygen atoms in total. The van der Waals surface area contributed by atoms with Crippen LogP contribution in [0.15, 0.2) is 0 Å². The van der Waals surface area contributed by atoms with Crippen LogP contribution in [0.2, 0.25) is 0 Å². The van der Waals surface area contributed by atoms with Crippen LogP contribution in [0.5, 0.6) is 0 Å². The van der Waals surface area contributed by atoms with Gasteiger partial charge >= 0.3 is 6.03 Å². The highest BCUT2D eigenvalue weighted by molar-refractivity contribution is 5.70. The van der Waals surface area contributed by atoms with Gasteiger partial charge in [0.1, 0.15) is 0 Å². The minimum Gasteiger partial charge on any atom is -0.246 e. The van der Waals surface area contributed by atoms with Crippen LogP contribution < -0.4 is 11.1 Å². The fourth-order valence-corrected chi connectivity index (χ4v) is 0.144. The number of hydrogen-bond acceptors (Lipinski definition) is 1. The van der Waals surface area contributed by atoms with Gasteiger partial charge in [0.05, 0.1) is 0 Å². The molecule has 0 saturated heterocycles. The first kappa shape index (κ1) is 5.27. The Morgan fingerprint density at radius 2 is 2.50 bits per heavy atom. The van der Waals surface area contributed by atoms with Crippen LogP contribution in [-0.4, -0.2) is 12.6 Å². The highest BCUT2D eigenvalue weighted by atomic mass is 16.2. The summed E-state index contributed by atoms with van der Waals surface area (Å²) >= 11 is 0. The molecule has 2 amide bonds. The maximum Gasteiger partial charge on any atom is 0.355 e. The van der Waals surface area contributed by atoms with Gasteiger partial charge in [-0.3, -0.25) is 0 Å². The molecule has 0 rings (SSSR count). The molecule has 34 valence electrons. The fourth-order valence-electron chi connectivity index (χ4n) is 0.144. The topological polar surface area (TPSA) is 55.0 Å². The van der Waals surface area contributed by atoms with Gasteiger partial charge < -0.3 is 0 Å². The number of carbonyl (C=O) groups excluding carboxylic acids is 1. The van der Waals surface area contributed by atoms with Crippen LogP contribution in [0.3, 0.4) is 0 Å². The molecule has 3 heteroatoms. The number of rotatable bonds is 1. The lowest BCUT2D eigenvalue weighted by molar-refractivity contribution is 0.247. The Morgan fingerprint density at radius 1 is 2.00 bits per heavy atom. The van der Waals surface area contributed by atoms with Crippen molar-refractivity contribution < 1.29 is 4.79 Å². The summed E-state index contributed by atoms with van der Waals surface area (Å²) in [5.41, 5.74) is 6.17. The summed E-state index contributed by atoms with van der Waals surface area (Å²) in [7, 11) is 0. The van der Waals surface area contributed by atoms with E-state index >= 15 is 0 Å². The quantitative estimate of drug-likeness (QED) is 0.443. The lowest BCUT2D eigenvalue weighted by Crippen LogP contribution is -2.12. The van der Waals surface area contributed by atoms with Gasteiger partial charge in [0.15, 0.2) is 0 Å². The molecule has 0 heterocycles. The molecule has 0 saturated carbocycles. The Bertz CT molecular complexity index is 52.8. The monoisotopic (exact) mass is 86.0 g/mol. The Labute approximate surface area is 36.5 Å². The third-order valence-electron chi connectivity index (χ3n) is 0.302. The summed E-state index contributed by atoms with van der Waals surface area (Å²) in [6, 6.07) is -0.836. The van der Waals surface area contributed by atoms with Gasteiger partial charge in [-0.05, 0) is 6.92 Å². The molecule has 0 unspecified atom stereocenters. The summed E-state index contributed by atoms with van der Waals surface area (Å²) in [5, 5.41) is 3.15. The number of amides is 2. The average Bonchev–Trinajstić information content (AvgIpc) is 1.35. The van der Waals surface area contributed by atoms with Crippen LogP contribution in [0, 0.1) is 0 Å². The Hall–Kier alpha value is -0.730. The first-order valence-electron chi connectivity index (χ1n) is 1.70. The maximum atomic E-state index is 9.54. The molecule has 0 aromatic carbocycles. The molecule has 0 aliphatic heterocycles. The van der Waals surface area contributed by atoms with Crippen molar-refractivity contribution in [3.05, 3.63) is 0 Å². The van der Waals surface area contributed by atoms with Crippen molar-refractivity contribution in [2.45, 2.75) is 6.92 Å². The lowest BCUT2D eigenvalue weighted by atomic mass is 10.7. The van der Waals surface area contributed by atoms with E-state index in [1.165, 1.54) is 0 Å². The van der Waals surface area contributed by atoms with Gasteiger partial charge in [-0.1, -0.05) is 0 Å². The van der Waals surface area contributed by atoms with E-state index < -0.39 is 6.03 Å². The molecule has 2 radical (unpaired) electrons. The lowest BCUT2D eigenvalue weighted by Gasteiger charge is -1.82. The largest absolute Gasteiger partial charge is 0.355 e. The van der Waals surface area contributed by atoms with Gasteiger partial charge in [-0.2, -0.15) is 0 Å². The molecular weight excluding hydrogens is 80.0 g/mol. The van der Waals surface area contributed by atoms with Gasteiger partial charge in [0, 0.05) is 6.54 Å². The van der Waals surface area contributed by atoms with E-state index in [1.807, 2.05) is 0 Å². The van der Waals surface area contributed by atoms with Crippen molar-refractivity contribution in [1.82, 2.24) is 11.1 Å². The summed E-state index contributed by atoms with van der Waals surface area (Å²) in [6.45, 7) is 2.13. The van der Waals surface area contributed by atoms with E-state index in [2.05, 4.69) is 5.32 Å². The predicted molar refractivity (Wildman–Crippen MR) is 21.2 cm³/mol. The number of nitrogens with one attached hydrogen (secondary N) is 1. The third kappa shape index (κ3) is 3.27. The van der Waals surface area contributed by atoms with Crippen LogP contribution in [-0.2, 0) is 0 Å². The SMILES string of the molecule is CC[N]C([NH])=O.